The summed E-state index contributed by atoms with van der Waals surface area (Å²) < 4.78 is 14.6. The van der Waals surface area contributed by atoms with Gasteiger partial charge in [-0.3, -0.25) is 9.59 Å². The number of aromatic nitrogens is 4. The number of aromatic amines is 1. The van der Waals surface area contributed by atoms with Crippen molar-refractivity contribution < 1.29 is 9.18 Å². The number of piperazine rings is 1. The Morgan fingerprint density at radius 2 is 1.82 bits per heavy atom. The van der Waals surface area contributed by atoms with Crippen molar-refractivity contribution in [3.05, 3.63) is 94.0 Å². The Hall–Kier alpha value is -4.14. The molecule has 166 valence electrons. The number of hydrogen-bond acceptors (Lipinski definition) is 6. The van der Waals surface area contributed by atoms with Crippen LogP contribution in [-0.2, 0) is 6.42 Å². The summed E-state index contributed by atoms with van der Waals surface area (Å²) >= 11 is 0. The number of fused-ring (bicyclic) bond motifs is 1. The minimum atomic E-state index is -0.554. The number of carbonyl (C=O) groups excluding carboxylic acids is 1. The highest BCUT2D eigenvalue weighted by molar-refractivity contribution is 5.95. The van der Waals surface area contributed by atoms with Crippen LogP contribution in [0.1, 0.15) is 21.6 Å². The highest BCUT2D eigenvalue weighted by Gasteiger charge is 2.25. The van der Waals surface area contributed by atoms with Gasteiger partial charge in [-0.05, 0) is 29.8 Å². The molecule has 0 aliphatic carbocycles. The van der Waals surface area contributed by atoms with Gasteiger partial charge < -0.3 is 9.80 Å². The lowest BCUT2D eigenvalue weighted by Crippen LogP contribution is -2.49. The summed E-state index contributed by atoms with van der Waals surface area (Å²) in [6.45, 7) is 2.16. The first-order valence-corrected chi connectivity index (χ1v) is 10.6. The first-order valence-electron chi connectivity index (χ1n) is 10.6. The van der Waals surface area contributed by atoms with E-state index in [4.69, 9.17) is 0 Å². The molecule has 0 unspecified atom stereocenters. The summed E-state index contributed by atoms with van der Waals surface area (Å²) in [5.41, 5.74) is 1.18. The second-order valence-corrected chi connectivity index (χ2v) is 7.88. The van der Waals surface area contributed by atoms with Crippen molar-refractivity contribution >= 4 is 22.5 Å². The van der Waals surface area contributed by atoms with Gasteiger partial charge in [-0.2, -0.15) is 5.10 Å². The van der Waals surface area contributed by atoms with E-state index in [9.17, 15) is 14.0 Å². The average Bonchev–Trinajstić information content (AvgIpc) is 2.87. The van der Waals surface area contributed by atoms with Crippen molar-refractivity contribution in [3.8, 4) is 0 Å². The smallest absolute Gasteiger partial charge is 0.272 e. The molecule has 1 saturated heterocycles. The normalized spacial score (nSPS) is 14.0. The third kappa shape index (κ3) is 4.17. The van der Waals surface area contributed by atoms with Crippen LogP contribution in [0, 0.1) is 5.82 Å². The molecule has 0 atom stereocenters. The largest absolute Gasteiger partial charge is 0.353 e. The topological polar surface area (TPSA) is 95.1 Å². The Morgan fingerprint density at radius 3 is 2.58 bits per heavy atom. The number of nitrogens with zero attached hydrogens (tertiary/aromatic N) is 5. The zero-order chi connectivity index (χ0) is 22.8. The van der Waals surface area contributed by atoms with Crippen molar-refractivity contribution in [1.29, 1.82) is 0 Å². The Morgan fingerprint density at radius 1 is 1.03 bits per heavy atom. The molecule has 2 aromatic carbocycles. The highest BCUT2D eigenvalue weighted by Crippen LogP contribution is 2.20. The Kier molecular flexibility index (Phi) is 5.52. The molecule has 1 fully saturated rings. The molecule has 8 nitrogen and oxygen atoms in total. The van der Waals surface area contributed by atoms with Crippen molar-refractivity contribution in [2.75, 3.05) is 31.1 Å². The fourth-order valence-electron chi connectivity index (χ4n) is 4.13. The van der Waals surface area contributed by atoms with Crippen LogP contribution >= 0.6 is 0 Å². The summed E-state index contributed by atoms with van der Waals surface area (Å²) in [7, 11) is 0. The molecule has 0 saturated carbocycles. The lowest BCUT2D eigenvalue weighted by atomic mass is 10.0. The van der Waals surface area contributed by atoms with Gasteiger partial charge >= 0.3 is 0 Å². The lowest BCUT2D eigenvalue weighted by molar-refractivity contribution is 0.0741. The van der Waals surface area contributed by atoms with Crippen LogP contribution in [0.25, 0.3) is 10.8 Å². The number of carbonyl (C=O) groups is 1. The van der Waals surface area contributed by atoms with E-state index in [0.717, 1.165) is 16.8 Å². The molecule has 9 heteroatoms. The summed E-state index contributed by atoms with van der Waals surface area (Å²) in [5.74, 6) is -0.0804. The number of rotatable bonds is 4. The van der Waals surface area contributed by atoms with Crippen molar-refractivity contribution in [3.63, 3.8) is 0 Å². The van der Waals surface area contributed by atoms with Crippen molar-refractivity contribution in [1.82, 2.24) is 25.1 Å². The van der Waals surface area contributed by atoms with Crippen LogP contribution in [-0.4, -0.2) is 57.2 Å². The van der Waals surface area contributed by atoms with E-state index in [-0.39, 0.29) is 17.0 Å². The zero-order valence-electron chi connectivity index (χ0n) is 17.7. The highest BCUT2D eigenvalue weighted by atomic mass is 19.1. The van der Waals surface area contributed by atoms with Gasteiger partial charge in [0.2, 0.25) is 0 Å². The van der Waals surface area contributed by atoms with E-state index in [1.807, 2.05) is 18.2 Å². The van der Waals surface area contributed by atoms with Gasteiger partial charge in [0, 0.05) is 44.2 Å². The number of H-pyrrole nitrogens is 1. The molecule has 1 N–H and O–H groups in total. The summed E-state index contributed by atoms with van der Waals surface area (Å²) in [6.07, 6.45) is 3.54. The monoisotopic (exact) mass is 444 g/mol. The number of halogens is 1. The van der Waals surface area contributed by atoms with Gasteiger partial charge in [0.05, 0.1) is 16.6 Å². The van der Waals surface area contributed by atoms with Gasteiger partial charge in [-0.25, -0.2) is 19.5 Å². The van der Waals surface area contributed by atoms with Crippen molar-refractivity contribution in [2.45, 2.75) is 6.42 Å². The van der Waals surface area contributed by atoms with Crippen LogP contribution in [0.5, 0.6) is 0 Å². The van der Waals surface area contributed by atoms with Crippen LogP contribution < -0.4 is 10.5 Å². The molecule has 3 heterocycles. The Bertz CT molecular complexity index is 1370. The van der Waals surface area contributed by atoms with E-state index < -0.39 is 5.82 Å². The van der Waals surface area contributed by atoms with E-state index in [2.05, 4.69) is 25.1 Å². The number of anilines is 1. The molecular formula is C24H21FN6O2. The fraction of sp³-hybridized carbons (Fsp3) is 0.208. The number of hydrogen-bond donors (Lipinski definition) is 1. The first kappa shape index (κ1) is 20.7. The minimum absolute atomic E-state index is 0.0386. The molecular weight excluding hydrogens is 423 g/mol. The van der Waals surface area contributed by atoms with Crippen LogP contribution in [0.3, 0.4) is 0 Å². The van der Waals surface area contributed by atoms with Crippen molar-refractivity contribution in [2.24, 2.45) is 0 Å². The maximum absolute atomic E-state index is 14.6. The molecule has 33 heavy (non-hydrogen) atoms. The molecule has 0 bridgehead atoms. The molecule has 1 aliphatic rings. The molecule has 0 spiro atoms. The van der Waals surface area contributed by atoms with E-state index in [0.29, 0.717) is 43.7 Å². The minimum Gasteiger partial charge on any atom is -0.353 e. The maximum Gasteiger partial charge on any atom is 0.272 e. The number of benzene rings is 2. The Balaban J connectivity index is 1.35. The van der Waals surface area contributed by atoms with Gasteiger partial charge in [0.15, 0.2) is 0 Å². The van der Waals surface area contributed by atoms with E-state index in [1.54, 1.807) is 35.4 Å². The predicted molar refractivity (Wildman–Crippen MR) is 122 cm³/mol. The second-order valence-electron chi connectivity index (χ2n) is 7.88. The summed E-state index contributed by atoms with van der Waals surface area (Å²) in [4.78, 5) is 37.0. The lowest BCUT2D eigenvalue weighted by Gasteiger charge is -2.35. The molecule has 2 aromatic heterocycles. The third-order valence-electron chi connectivity index (χ3n) is 5.86. The molecule has 1 aliphatic heterocycles. The van der Waals surface area contributed by atoms with Crippen LogP contribution in [0.15, 0.2) is 65.8 Å². The summed E-state index contributed by atoms with van der Waals surface area (Å²) in [6, 6.07) is 13.6. The SMILES string of the molecule is O=C(c1cc(Cc2n[nH]c(=O)c3ccccc23)ccc1F)N1CCN(c2ccncn2)CC1. The second kappa shape index (κ2) is 8.78. The first-order chi connectivity index (χ1) is 16.1. The number of nitrogens with one attached hydrogen (secondary N) is 1. The zero-order valence-corrected chi connectivity index (χ0v) is 17.7. The Labute approximate surface area is 188 Å². The van der Waals surface area contributed by atoms with Gasteiger partial charge in [-0.15, -0.1) is 0 Å². The van der Waals surface area contributed by atoms with Crippen LogP contribution in [0.4, 0.5) is 10.2 Å². The molecule has 5 rings (SSSR count). The van der Waals surface area contributed by atoms with E-state index in [1.165, 1.54) is 12.4 Å². The molecule has 0 radical (unpaired) electrons. The van der Waals surface area contributed by atoms with Gasteiger partial charge in [-0.1, -0.05) is 24.3 Å². The van der Waals surface area contributed by atoms with E-state index >= 15 is 0 Å². The molecule has 4 aromatic rings. The standard InChI is InChI=1S/C24H21FN6O2/c25-20-6-5-16(14-21-17-3-1-2-4-18(17)23(32)29-28-21)13-19(20)24(33)31-11-9-30(10-12-31)22-7-8-26-15-27-22/h1-8,13,15H,9-12,14H2,(H,29,32). The fourth-order valence-corrected chi connectivity index (χ4v) is 4.13. The van der Waals surface area contributed by atoms with Crippen LogP contribution in [0.2, 0.25) is 0 Å². The number of amides is 1. The van der Waals surface area contributed by atoms with Gasteiger partial charge in [0.1, 0.15) is 18.0 Å². The predicted octanol–water partition coefficient (Wildman–Crippen LogP) is 2.41. The quantitative estimate of drug-likeness (QED) is 0.520. The maximum atomic E-state index is 14.6. The third-order valence-corrected chi connectivity index (χ3v) is 5.86. The average molecular weight is 444 g/mol. The molecule has 1 amide bonds. The summed E-state index contributed by atoms with van der Waals surface area (Å²) in [5, 5.41) is 7.98. The van der Waals surface area contributed by atoms with Gasteiger partial charge in [0.25, 0.3) is 11.5 Å².